The van der Waals surface area contributed by atoms with Gasteiger partial charge in [0.25, 0.3) is 5.82 Å². The molecule has 20 heavy (non-hydrogen) atoms. The molecule has 7 nitrogen and oxygen atoms in total. The smallest absolute Gasteiger partial charge is 0.378 e. The molecule has 0 N–H and O–H groups in total. The van der Waals surface area contributed by atoms with Crippen LogP contribution in [0.25, 0.3) is 11.3 Å². The maximum Gasteiger partial charge on any atom is 0.378 e. The molecule has 0 aliphatic carbocycles. The van der Waals surface area contributed by atoms with Gasteiger partial charge in [-0.25, -0.2) is 14.6 Å². The minimum absolute atomic E-state index is 0.0636. The van der Waals surface area contributed by atoms with Crippen LogP contribution in [0.4, 0.5) is 0 Å². The summed E-state index contributed by atoms with van der Waals surface area (Å²) in [6.45, 7) is 0. The van der Waals surface area contributed by atoms with E-state index < -0.39 is 11.9 Å². The van der Waals surface area contributed by atoms with E-state index in [1.54, 1.807) is 24.3 Å². The average Bonchev–Trinajstić information content (AvgIpc) is 2.53. The first-order valence-corrected chi connectivity index (χ1v) is 5.64. The van der Waals surface area contributed by atoms with Gasteiger partial charge in [-0.3, -0.25) is 0 Å². The Morgan fingerprint density at radius 2 is 1.60 bits per heavy atom. The first-order chi connectivity index (χ1) is 9.67. The summed E-state index contributed by atoms with van der Waals surface area (Å²) >= 11 is 0. The predicted octanol–water partition coefficient (Wildman–Crippen LogP) is 1.11. The largest absolute Gasteiger partial charge is 0.464 e. The molecule has 1 aromatic heterocycles. The summed E-state index contributed by atoms with van der Waals surface area (Å²) in [5.41, 5.74) is 0.771. The van der Waals surface area contributed by atoms with Crippen LogP contribution in [0, 0.1) is 0 Å². The van der Waals surface area contributed by atoms with Crippen LogP contribution in [-0.4, -0.2) is 41.3 Å². The maximum atomic E-state index is 11.7. The quantitative estimate of drug-likeness (QED) is 0.773. The SMILES string of the molecule is COC(=O)c1nnc(C(=O)OC)c(-c2ccccc2)n1. The Labute approximate surface area is 114 Å². The summed E-state index contributed by atoms with van der Waals surface area (Å²) in [7, 11) is 2.44. The Bertz CT molecular complexity index is 643. The highest BCUT2D eigenvalue weighted by molar-refractivity contribution is 5.94. The molecule has 0 aliphatic heterocycles. The van der Waals surface area contributed by atoms with Crippen LogP contribution in [0.1, 0.15) is 21.1 Å². The molecule has 0 atom stereocenters. The van der Waals surface area contributed by atoms with Crippen molar-refractivity contribution in [2.75, 3.05) is 14.2 Å². The van der Waals surface area contributed by atoms with Gasteiger partial charge in [0, 0.05) is 5.56 Å². The van der Waals surface area contributed by atoms with Gasteiger partial charge in [0.1, 0.15) is 5.69 Å². The van der Waals surface area contributed by atoms with Crippen molar-refractivity contribution in [1.82, 2.24) is 15.2 Å². The molecule has 0 saturated carbocycles. The Balaban J connectivity index is 2.60. The number of ether oxygens (including phenoxy) is 2. The number of methoxy groups -OCH3 is 2. The van der Waals surface area contributed by atoms with E-state index in [0.29, 0.717) is 5.56 Å². The van der Waals surface area contributed by atoms with Crippen LogP contribution in [-0.2, 0) is 9.47 Å². The standard InChI is InChI=1S/C13H11N3O4/c1-19-12(17)10-9(8-6-4-3-5-7-8)14-11(16-15-10)13(18)20-2/h3-7H,1-2H3. The summed E-state index contributed by atoms with van der Waals surface area (Å²) in [6.07, 6.45) is 0. The maximum absolute atomic E-state index is 11.7. The highest BCUT2D eigenvalue weighted by Gasteiger charge is 2.21. The second-order valence-electron chi connectivity index (χ2n) is 3.68. The lowest BCUT2D eigenvalue weighted by Crippen LogP contribution is -2.15. The number of hydrogen-bond donors (Lipinski definition) is 0. The highest BCUT2D eigenvalue weighted by atomic mass is 16.5. The predicted molar refractivity (Wildman–Crippen MR) is 67.9 cm³/mol. The van der Waals surface area contributed by atoms with Crippen LogP contribution < -0.4 is 0 Å². The highest BCUT2D eigenvalue weighted by Crippen LogP contribution is 2.20. The molecule has 0 radical (unpaired) electrons. The van der Waals surface area contributed by atoms with E-state index in [1.165, 1.54) is 14.2 Å². The van der Waals surface area contributed by atoms with E-state index in [0.717, 1.165) is 0 Å². The molecule has 2 rings (SSSR count). The second kappa shape index (κ2) is 5.87. The Kier molecular flexibility index (Phi) is 3.99. The van der Waals surface area contributed by atoms with Gasteiger partial charge in [-0.2, -0.15) is 0 Å². The van der Waals surface area contributed by atoms with Gasteiger partial charge in [-0.1, -0.05) is 30.3 Å². The minimum Gasteiger partial charge on any atom is -0.464 e. The van der Waals surface area contributed by atoms with Crippen molar-refractivity contribution in [1.29, 1.82) is 0 Å². The van der Waals surface area contributed by atoms with Crippen LogP contribution in [0.2, 0.25) is 0 Å². The zero-order chi connectivity index (χ0) is 14.5. The second-order valence-corrected chi connectivity index (χ2v) is 3.68. The van der Waals surface area contributed by atoms with Crippen LogP contribution in [0.5, 0.6) is 0 Å². The van der Waals surface area contributed by atoms with Gasteiger partial charge in [0.2, 0.25) is 0 Å². The lowest BCUT2D eigenvalue weighted by Gasteiger charge is -2.06. The van der Waals surface area contributed by atoms with Crippen molar-refractivity contribution in [3.63, 3.8) is 0 Å². The van der Waals surface area contributed by atoms with E-state index in [4.69, 9.17) is 0 Å². The first-order valence-electron chi connectivity index (χ1n) is 5.64. The first kappa shape index (κ1) is 13.6. The van der Waals surface area contributed by atoms with Crippen LogP contribution in [0.3, 0.4) is 0 Å². The summed E-state index contributed by atoms with van der Waals surface area (Å²) in [6, 6.07) is 8.83. The molecule has 0 unspecified atom stereocenters. The van der Waals surface area contributed by atoms with Crippen molar-refractivity contribution in [2.45, 2.75) is 0 Å². The average molecular weight is 273 g/mol. The minimum atomic E-state index is -0.730. The van der Waals surface area contributed by atoms with E-state index in [9.17, 15) is 9.59 Å². The number of carbonyl (C=O) groups is 2. The number of carbonyl (C=O) groups excluding carboxylic acids is 2. The van der Waals surface area contributed by atoms with E-state index >= 15 is 0 Å². The summed E-state index contributed by atoms with van der Waals surface area (Å²) in [5, 5.41) is 7.28. The lowest BCUT2D eigenvalue weighted by molar-refractivity contribution is 0.0568. The number of hydrogen-bond acceptors (Lipinski definition) is 7. The molecule has 102 valence electrons. The molecule has 0 bridgehead atoms. The zero-order valence-electron chi connectivity index (χ0n) is 10.9. The Morgan fingerprint density at radius 3 is 2.20 bits per heavy atom. The third kappa shape index (κ3) is 2.61. The number of aromatic nitrogens is 3. The molecular weight excluding hydrogens is 262 g/mol. The molecule has 0 saturated heterocycles. The number of esters is 2. The molecule has 0 aliphatic rings. The summed E-state index contributed by atoms with van der Waals surface area (Å²) in [4.78, 5) is 27.2. The number of rotatable bonds is 3. The fourth-order valence-corrected chi connectivity index (χ4v) is 1.54. The molecule has 2 aromatic rings. The number of benzene rings is 1. The monoisotopic (exact) mass is 273 g/mol. The van der Waals surface area contributed by atoms with E-state index in [2.05, 4.69) is 24.7 Å². The normalized spacial score (nSPS) is 9.90. The third-order valence-corrected chi connectivity index (χ3v) is 2.48. The lowest BCUT2D eigenvalue weighted by atomic mass is 10.1. The molecule has 1 heterocycles. The molecule has 7 heteroatoms. The van der Waals surface area contributed by atoms with Gasteiger partial charge in [-0.05, 0) is 0 Å². The Morgan fingerprint density at radius 1 is 0.950 bits per heavy atom. The Hall–Kier alpha value is -2.83. The molecular formula is C13H11N3O4. The fraction of sp³-hybridized carbons (Fsp3) is 0.154. The fourth-order valence-electron chi connectivity index (χ4n) is 1.54. The van der Waals surface area contributed by atoms with E-state index in [1.807, 2.05) is 6.07 Å². The van der Waals surface area contributed by atoms with E-state index in [-0.39, 0.29) is 17.2 Å². The van der Waals surface area contributed by atoms with Crippen LogP contribution >= 0.6 is 0 Å². The molecule has 0 amide bonds. The van der Waals surface area contributed by atoms with Gasteiger partial charge in [0.15, 0.2) is 5.69 Å². The van der Waals surface area contributed by atoms with Crippen molar-refractivity contribution in [2.24, 2.45) is 0 Å². The van der Waals surface area contributed by atoms with Gasteiger partial charge in [-0.15, -0.1) is 10.2 Å². The van der Waals surface area contributed by atoms with Crippen molar-refractivity contribution in [3.05, 3.63) is 41.9 Å². The number of nitrogens with zero attached hydrogens (tertiary/aromatic N) is 3. The zero-order valence-corrected chi connectivity index (χ0v) is 10.9. The molecule has 0 spiro atoms. The summed E-state index contributed by atoms with van der Waals surface area (Å²) < 4.78 is 9.16. The molecule has 1 aromatic carbocycles. The van der Waals surface area contributed by atoms with Crippen molar-refractivity contribution >= 4 is 11.9 Å². The van der Waals surface area contributed by atoms with Crippen molar-refractivity contribution in [3.8, 4) is 11.3 Å². The van der Waals surface area contributed by atoms with Crippen LogP contribution in [0.15, 0.2) is 30.3 Å². The third-order valence-electron chi connectivity index (χ3n) is 2.48. The van der Waals surface area contributed by atoms with Crippen molar-refractivity contribution < 1.29 is 19.1 Å². The topological polar surface area (TPSA) is 91.3 Å². The van der Waals surface area contributed by atoms with Gasteiger partial charge >= 0.3 is 11.9 Å². The van der Waals surface area contributed by atoms with Gasteiger partial charge < -0.3 is 9.47 Å². The molecule has 0 fully saturated rings. The van der Waals surface area contributed by atoms with Gasteiger partial charge in [0.05, 0.1) is 14.2 Å². The summed E-state index contributed by atoms with van der Waals surface area (Å²) in [5.74, 6) is -1.63.